The number of carbonyl (C=O) groups excluding carboxylic acids is 1. The lowest BCUT2D eigenvalue weighted by Crippen LogP contribution is -2.36. The Balaban J connectivity index is 1.78. The molecule has 1 aromatic rings. The number of nitrogens with one attached hydrogen (secondary N) is 1. The van der Waals surface area contributed by atoms with Gasteiger partial charge in [0.05, 0.1) is 13.2 Å². The predicted octanol–water partition coefficient (Wildman–Crippen LogP) is 0.934. The number of aliphatic hydroxyl groups is 1. The number of β-amino-alcohol motifs (C(OH)–C–C–N with tert-alkyl or cyclic N) is 1. The molecule has 1 heterocycles. The SMILES string of the molecule is Cc1ccc(NC(=O)CN2CCCN(CCO)CC2)cc1. The van der Waals surface area contributed by atoms with Gasteiger partial charge < -0.3 is 10.4 Å². The Morgan fingerprint density at radius 2 is 1.81 bits per heavy atom. The molecule has 5 nitrogen and oxygen atoms in total. The first kappa shape index (κ1) is 15.9. The molecule has 1 amide bonds. The smallest absolute Gasteiger partial charge is 0.238 e. The molecule has 0 saturated carbocycles. The Bertz CT molecular complexity index is 447. The van der Waals surface area contributed by atoms with Crippen LogP contribution in [0.5, 0.6) is 0 Å². The molecule has 2 rings (SSSR count). The molecule has 5 heteroatoms. The van der Waals surface area contributed by atoms with E-state index in [0.717, 1.165) is 44.8 Å². The standard InChI is InChI=1S/C16H25N3O2/c1-14-3-5-15(6-4-14)17-16(21)13-19-8-2-7-18(9-10-19)11-12-20/h3-6,20H,2,7-13H2,1H3,(H,17,21). The fourth-order valence-electron chi connectivity index (χ4n) is 2.59. The molecule has 1 fully saturated rings. The third-order valence-electron chi connectivity index (χ3n) is 3.80. The molecule has 2 N–H and O–H groups in total. The highest BCUT2D eigenvalue weighted by atomic mass is 16.3. The molecule has 0 unspecified atom stereocenters. The summed E-state index contributed by atoms with van der Waals surface area (Å²) in [6, 6.07) is 7.85. The van der Waals surface area contributed by atoms with Gasteiger partial charge in [0.25, 0.3) is 0 Å². The maximum Gasteiger partial charge on any atom is 0.238 e. The first-order valence-electron chi connectivity index (χ1n) is 7.59. The highest BCUT2D eigenvalue weighted by molar-refractivity contribution is 5.92. The van der Waals surface area contributed by atoms with Crippen LogP contribution < -0.4 is 5.32 Å². The van der Waals surface area contributed by atoms with E-state index in [0.29, 0.717) is 6.54 Å². The van der Waals surface area contributed by atoms with E-state index in [9.17, 15) is 4.79 Å². The number of hydrogen-bond donors (Lipinski definition) is 2. The van der Waals surface area contributed by atoms with Crippen molar-refractivity contribution in [1.29, 1.82) is 0 Å². The minimum absolute atomic E-state index is 0.0365. The third-order valence-corrected chi connectivity index (χ3v) is 3.80. The van der Waals surface area contributed by atoms with Gasteiger partial charge >= 0.3 is 0 Å². The molecule has 1 aliphatic heterocycles. The quantitative estimate of drug-likeness (QED) is 0.847. The van der Waals surface area contributed by atoms with Gasteiger partial charge in [0.2, 0.25) is 5.91 Å². The maximum absolute atomic E-state index is 12.1. The normalized spacial score (nSPS) is 17.4. The molecule has 1 saturated heterocycles. The van der Waals surface area contributed by atoms with Crippen molar-refractivity contribution < 1.29 is 9.90 Å². The molecule has 21 heavy (non-hydrogen) atoms. The second-order valence-corrected chi connectivity index (χ2v) is 5.61. The van der Waals surface area contributed by atoms with Gasteiger partial charge in [0, 0.05) is 25.3 Å². The van der Waals surface area contributed by atoms with Crippen LogP contribution in [0.15, 0.2) is 24.3 Å². The van der Waals surface area contributed by atoms with E-state index >= 15 is 0 Å². The van der Waals surface area contributed by atoms with Crippen LogP contribution in [0.25, 0.3) is 0 Å². The zero-order valence-corrected chi connectivity index (χ0v) is 12.7. The van der Waals surface area contributed by atoms with Crippen LogP contribution in [0.4, 0.5) is 5.69 Å². The van der Waals surface area contributed by atoms with Gasteiger partial charge in [-0.1, -0.05) is 17.7 Å². The summed E-state index contributed by atoms with van der Waals surface area (Å²) in [5.74, 6) is 0.0365. The van der Waals surface area contributed by atoms with Crippen molar-refractivity contribution in [3.05, 3.63) is 29.8 Å². The van der Waals surface area contributed by atoms with Crippen LogP contribution in [0.3, 0.4) is 0 Å². The fourth-order valence-corrected chi connectivity index (χ4v) is 2.59. The molecule has 0 aromatic heterocycles. The monoisotopic (exact) mass is 291 g/mol. The Kier molecular flexibility index (Phi) is 6.17. The number of rotatable bonds is 5. The first-order valence-corrected chi connectivity index (χ1v) is 7.59. The summed E-state index contributed by atoms with van der Waals surface area (Å²) in [5, 5.41) is 11.9. The maximum atomic E-state index is 12.1. The summed E-state index contributed by atoms with van der Waals surface area (Å²) >= 11 is 0. The van der Waals surface area contributed by atoms with E-state index < -0.39 is 0 Å². The van der Waals surface area contributed by atoms with Crippen molar-refractivity contribution >= 4 is 11.6 Å². The molecule has 1 aromatic carbocycles. The van der Waals surface area contributed by atoms with E-state index in [1.165, 1.54) is 5.56 Å². The van der Waals surface area contributed by atoms with Crippen LogP contribution in [0.1, 0.15) is 12.0 Å². The summed E-state index contributed by atoms with van der Waals surface area (Å²) in [4.78, 5) is 16.5. The second kappa shape index (κ2) is 8.12. The average molecular weight is 291 g/mol. The molecule has 0 aliphatic carbocycles. The van der Waals surface area contributed by atoms with E-state index in [1.54, 1.807) is 0 Å². The van der Waals surface area contributed by atoms with Crippen molar-refractivity contribution in [3.63, 3.8) is 0 Å². The molecule has 0 atom stereocenters. The summed E-state index contributed by atoms with van der Waals surface area (Å²) < 4.78 is 0. The van der Waals surface area contributed by atoms with Crippen molar-refractivity contribution in [1.82, 2.24) is 9.80 Å². The first-order chi connectivity index (χ1) is 10.2. The molecular formula is C16H25N3O2. The molecule has 0 radical (unpaired) electrons. The van der Waals surface area contributed by atoms with Gasteiger partial charge in [0.15, 0.2) is 0 Å². The van der Waals surface area contributed by atoms with Crippen molar-refractivity contribution in [2.75, 3.05) is 51.2 Å². The molecule has 0 spiro atoms. The number of benzene rings is 1. The number of nitrogens with zero attached hydrogens (tertiary/aromatic N) is 2. The van der Waals surface area contributed by atoms with E-state index in [2.05, 4.69) is 15.1 Å². The molecule has 0 bridgehead atoms. The van der Waals surface area contributed by atoms with Gasteiger partial charge in [-0.15, -0.1) is 0 Å². The van der Waals surface area contributed by atoms with Crippen LogP contribution >= 0.6 is 0 Å². The van der Waals surface area contributed by atoms with Crippen LogP contribution in [0, 0.1) is 6.92 Å². The fraction of sp³-hybridized carbons (Fsp3) is 0.562. The van der Waals surface area contributed by atoms with Gasteiger partial charge in [-0.05, 0) is 38.6 Å². The van der Waals surface area contributed by atoms with Crippen LogP contribution in [-0.4, -0.2) is 66.7 Å². The molecule has 1 aliphatic rings. The summed E-state index contributed by atoms with van der Waals surface area (Å²) in [6.45, 7) is 7.11. The summed E-state index contributed by atoms with van der Waals surface area (Å²) in [6.07, 6.45) is 1.04. The molecule has 116 valence electrons. The van der Waals surface area contributed by atoms with E-state index in [4.69, 9.17) is 5.11 Å². The average Bonchev–Trinajstić information content (AvgIpc) is 2.67. The van der Waals surface area contributed by atoms with E-state index in [-0.39, 0.29) is 12.5 Å². The number of aryl methyl sites for hydroxylation is 1. The van der Waals surface area contributed by atoms with Crippen LogP contribution in [-0.2, 0) is 4.79 Å². The minimum atomic E-state index is 0.0365. The largest absolute Gasteiger partial charge is 0.395 e. The Labute approximate surface area is 126 Å². The second-order valence-electron chi connectivity index (χ2n) is 5.61. The predicted molar refractivity (Wildman–Crippen MR) is 84.4 cm³/mol. The number of aliphatic hydroxyl groups excluding tert-OH is 1. The van der Waals surface area contributed by atoms with Gasteiger partial charge in [0.1, 0.15) is 0 Å². The van der Waals surface area contributed by atoms with Crippen LogP contribution in [0.2, 0.25) is 0 Å². The summed E-state index contributed by atoms with van der Waals surface area (Å²) in [5.41, 5.74) is 2.03. The topological polar surface area (TPSA) is 55.8 Å². The zero-order chi connectivity index (χ0) is 15.1. The lowest BCUT2D eigenvalue weighted by molar-refractivity contribution is -0.117. The highest BCUT2D eigenvalue weighted by Crippen LogP contribution is 2.09. The number of amides is 1. The van der Waals surface area contributed by atoms with Crippen molar-refractivity contribution in [2.45, 2.75) is 13.3 Å². The number of anilines is 1. The lowest BCUT2D eigenvalue weighted by Gasteiger charge is -2.20. The zero-order valence-electron chi connectivity index (χ0n) is 12.7. The number of carbonyl (C=O) groups is 1. The molecular weight excluding hydrogens is 266 g/mol. The van der Waals surface area contributed by atoms with Crippen molar-refractivity contribution in [3.8, 4) is 0 Å². The van der Waals surface area contributed by atoms with Gasteiger partial charge in [-0.25, -0.2) is 0 Å². The van der Waals surface area contributed by atoms with Gasteiger partial charge in [-0.2, -0.15) is 0 Å². The van der Waals surface area contributed by atoms with Gasteiger partial charge in [-0.3, -0.25) is 14.6 Å². The van der Waals surface area contributed by atoms with E-state index in [1.807, 2.05) is 31.2 Å². The summed E-state index contributed by atoms with van der Waals surface area (Å²) in [7, 11) is 0. The minimum Gasteiger partial charge on any atom is -0.395 e. The lowest BCUT2D eigenvalue weighted by atomic mass is 10.2. The number of hydrogen-bond acceptors (Lipinski definition) is 4. The Hall–Kier alpha value is -1.43. The van der Waals surface area contributed by atoms with Crippen molar-refractivity contribution in [2.24, 2.45) is 0 Å². The Morgan fingerprint density at radius 1 is 1.14 bits per heavy atom. The highest BCUT2D eigenvalue weighted by Gasteiger charge is 2.16. The Morgan fingerprint density at radius 3 is 2.52 bits per heavy atom. The third kappa shape index (κ3) is 5.46.